The molecule has 0 spiro atoms. The van der Waals surface area contributed by atoms with Crippen LogP contribution in [-0.2, 0) is 13.5 Å². The molecule has 4 nitrogen and oxygen atoms in total. The summed E-state index contributed by atoms with van der Waals surface area (Å²) in [6, 6.07) is 8.41. The molecule has 1 aliphatic rings. The van der Waals surface area contributed by atoms with Crippen LogP contribution in [0.5, 0.6) is 5.75 Å². The monoisotopic (exact) mass is 349 g/mol. The van der Waals surface area contributed by atoms with E-state index in [9.17, 15) is 0 Å². The number of fused-ring (bicyclic) bond motifs is 1. The normalized spacial score (nSPS) is 18.3. The van der Waals surface area contributed by atoms with E-state index in [0.717, 1.165) is 35.3 Å². The lowest BCUT2D eigenvalue weighted by Gasteiger charge is -2.25. The Hall–Kier alpha value is -1.33. The van der Waals surface area contributed by atoms with E-state index in [1.54, 1.807) is 0 Å². The Labute approximate surface area is 133 Å². The van der Waals surface area contributed by atoms with E-state index in [1.165, 1.54) is 5.56 Å². The van der Waals surface area contributed by atoms with Crippen LogP contribution in [0.3, 0.4) is 0 Å². The number of benzene rings is 1. The SMILES string of the molecule is CCCNC(c1c(Br)cnn1C)C1Cc2ccccc2O1. The molecule has 3 rings (SSSR count). The molecule has 2 heterocycles. The van der Waals surface area contributed by atoms with Gasteiger partial charge in [0.1, 0.15) is 11.9 Å². The Morgan fingerprint density at radius 2 is 2.29 bits per heavy atom. The van der Waals surface area contributed by atoms with Crippen molar-refractivity contribution < 1.29 is 4.74 Å². The molecule has 21 heavy (non-hydrogen) atoms. The summed E-state index contributed by atoms with van der Waals surface area (Å²) in [6.45, 7) is 3.13. The molecule has 1 aliphatic heterocycles. The first-order valence-corrected chi connectivity index (χ1v) is 8.15. The van der Waals surface area contributed by atoms with Crippen molar-refractivity contribution in [3.8, 4) is 5.75 Å². The second kappa shape index (κ2) is 6.20. The summed E-state index contributed by atoms with van der Waals surface area (Å²) >= 11 is 3.61. The molecule has 1 aromatic heterocycles. The van der Waals surface area contributed by atoms with Gasteiger partial charge in [0.05, 0.1) is 22.4 Å². The summed E-state index contributed by atoms with van der Waals surface area (Å²) in [5.74, 6) is 1.00. The highest BCUT2D eigenvalue weighted by molar-refractivity contribution is 9.10. The van der Waals surface area contributed by atoms with Gasteiger partial charge in [-0.05, 0) is 40.5 Å². The van der Waals surface area contributed by atoms with E-state index in [1.807, 2.05) is 30.1 Å². The maximum absolute atomic E-state index is 6.18. The van der Waals surface area contributed by atoms with Gasteiger partial charge < -0.3 is 10.1 Å². The molecule has 112 valence electrons. The summed E-state index contributed by atoms with van der Waals surface area (Å²) in [7, 11) is 1.98. The fraction of sp³-hybridized carbons (Fsp3) is 0.438. The number of nitrogens with one attached hydrogen (secondary N) is 1. The van der Waals surface area contributed by atoms with E-state index in [0.29, 0.717) is 0 Å². The van der Waals surface area contributed by atoms with Crippen LogP contribution in [0.2, 0.25) is 0 Å². The number of hydrogen-bond donors (Lipinski definition) is 1. The highest BCUT2D eigenvalue weighted by Crippen LogP contribution is 2.35. The van der Waals surface area contributed by atoms with E-state index in [4.69, 9.17) is 4.74 Å². The maximum Gasteiger partial charge on any atom is 0.124 e. The van der Waals surface area contributed by atoms with Gasteiger partial charge in [0.25, 0.3) is 0 Å². The van der Waals surface area contributed by atoms with Gasteiger partial charge in [-0.2, -0.15) is 5.10 Å². The molecule has 2 unspecified atom stereocenters. The van der Waals surface area contributed by atoms with Gasteiger partial charge in [0.15, 0.2) is 0 Å². The van der Waals surface area contributed by atoms with Gasteiger partial charge in [0.2, 0.25) is 0 Å². The van der Waals surface area contributed by atoms with Crippen molar-refractivity contribution in [2.24, 2.45) is 7.05 Å². The molecule has 1 N–H and O–H groups in total. The first kappa shape index (κ1) is 14.6. The Kier molecular flexibility index (Phi) is 4.31. The van der Waals surface area contributed by atoms with Crippen molar-refractivity contribution in [1.29, 1.82) is 0 Å². The fourth-order valence-corrected chi connectivity index (χ4v) is 3.46. The minimum Gasteiger partial charge on any atom is -0.488 e. The van der Waals surface area contributed by atoms with Crippen LogP contribution in [0.4, 0.5) is 0 Å². The number of para-hydroxylation sites is 1. The van der Waals surface area contributed by atoms with Crippen molar-refractivity contribution in [3.63, 3.8) is 0 Å². The second-order valence-electron chi connectivity index (χ2n) is 5.40. The van der Waals surface area contributed by atoms with Gasteiger partial charge in [-0.3, -0.25) is 4.68 Å². The van der Waals surface area contributed by atoms with E-state index in [-0.39, 0.29) is 12.1 Å². The number of halogens is 1. The third kappa shape index (κ3) is 2.85. The molecule has 1 aromatic carbocycles. The summed E-state index contributed by atoms with van der Waals surface area (Å²) in [6.07, 6.45) is 3.96. The third-order valence-corrected chi connectivity index (χ3v) is 4.50. The van der Waals surface area contributed by atoms with E-state index in [2.05, 4.69) is 45.4 Å². The molecular formula is C16H20BrN3O. The highest BCUT2D eigenvalue weighted by Gasteiger charge is 2.33. The zero-order valence-electron chi connectivity index (χ0n) is 12.3. The molecule has 0 fully saturated rings. The summed E-state index contributed by atoms with van der Waals surface area (Å²) in [5.41, 5.74) is 2.42. The minimum atomic E-state index is 0.0978. The lowest BCUT2D eigenvalue weighted by Crippen LogP contribution is -2.37. The number of rotatable bonds is 5. The number of nitrogens with zero attached hydrogens (tertiary/aromatic N) is 2. The van der Waals surface area contributed by atoms with Crippen LogP contribution in [0.1, 0.15) is 30.6 Å². The zero-order chi connectivity index (χ0) is 14.8. The molecule has 5 heteroatoms. The van der Waals surface area contributed by atoms with Crippen LogP contribution < -0.4 is 10.1 Å². The third-order valence-electron chi connectivity index (χ3n) is 3.89. The smallest absolute Gasteiger partial charge is 0.124 e. The Morgan fingerprint density at radius 1 is 1.48 bits per heavy atom. The molecule has 0 radical (unpaired) electrons. The second-order valence-corrected chi connectivity index (χ2v) is 6.26. The van der Waals surface area contributed by atoms with Crippen molar-refractivity contribution in [3.05, 3.63) is 46.2 Å². The summed E-state index contributed by atoms with van der Waals surface area (Å²) in [4.78, 5) is 0. The van der Waals surface area contributed by atoms with Gasteiger partial charge in [-0.25, -0.2) is 0 Å². The predicted molar refractivity (Wildman–Crippen MR) is 86.5 cm³/mol. The van der Waals surface area contributed by atoms with Crippen LogP contribution >= 0.6 is 15.9 Å². The molecule has 2 aromatic rings. The first-order chi connectivity index (χ1) is 10.2. The van der Waals surface area contributed by atoms with Crippen molar-refractivity contribution in [1.82, 2.24) is 15.1 Å². The zero-order valence-corrected chi connectivity index (χ0v) is 13.9. The van der Waals surface area contributed by atoms with E-state index >= 15 is 0 Å². The van der Waals surface area contributed by atoms with Gasteiger partial charge in [-0.15, -0.1) is 0 Å². The van der Waals surface area contributed by atoms with Crippen LogP contribution in [-0.4, -0.2) is 22.4 Å². The topological polar surface area (TPSA) is 39.1 Å². The molecule has 0 saturated carbocycles. The maximum atomic E-state index is 6.18. The Bertz CT molecular complexity index is 581. The van der Waals surface area contributed by atoms with Crippen LogP contribution in [0, 0.1) is 0 Å². The summed E-state index contributed by atoms with van der Waals surface area (Å²) < 4.78 is 9.12. The van der Waals surface area contributed by atoms with E-state index < -0.39 is 0 Å². The Morgan fingerprint density at radius 3 is 2.95 bits per heavy atom. The molecule has 0 bridgehead atoms. The number of ether oxygens (including phenoxy) is 1. The molecule has 0 saturated heterocycles. The van der Waals surface area contributed by atoms with Gasteiger partial charge >= 0.3 is 0 Å². The van der Waals surface area contributed by atoms with Crippen molar-refractivity contribution in [2.45, 2.75) is 31.9 Å². The quantitative estimate of drug-likeness (QED) is 0.900. The minimum absolute atomic E-state index is 0.0978. The number of aromatic nitrogens is 2. The molecule has 0 amide bonds. The molecular weight excluding hydrogens is 330 g/mol. The largest absolute Gasteiger partial charge is 0.488 e. The van der Waals surface area contributed by atoms with Gasteiger partial charge in [0, 0.05) is 13.5 Å². The molecule has 2 atom stereocenters. The van der Waals surface area contributed by atoms with Crippen LogP contribution in [0.25, 0.3) is 0 Å². The highest BCUT2D eigenvalue weighted by atomic mass is 79.9. The standard InChI is InChI=1S/C16H20BrN3O/c1-3-8-18-15(16-12(17)10-19-20(16)2)14-9-11-6-4-5-7-13(11)21-14/h4-7,10,14-15,18H,3,8-9H2,1-2H3. The average Bonchev–Trinajstić information content (AvgIpc) is 3.05. The van der Waals surface area contributed by atoms with Gasteiger partial charge in [-0.1, -0.05) is 25.1 Å². The lowest BCUT2D eigenvalue weighted by atomic mass is 10.0. The first-order valence-electron chi connectivity index (χ1n) is 7.36. The molecule has 0 aliphatic carbocycles. The van der Waals surface area contributed by atoms with Crippen molar-refractivity contribution in [2.75, 3.05) is 6.54 Å². The number of aryl methyl sites for hydroxylation is 1. The predicted octanol–water partition coefficient (Wildman–Crippen LogP) is 3.23. The van der Waals surface area contributed by atoms with Crippen LogP contribution in [0.15, 0.2) is 34.9 Å². The van der Waals surface area contributed by atoms with Crippen molar-refractivity contribution >= 4 is 15.9 Å². The summed E-state index contributed by atoms with van der Waals surface area (Å²) in [5, 5.41) is 7.95. The lowest BCUT2D eigenvalue weighted by molar-refractivity contribution is 0.173. The average molecular weight is 350 g/mol. The Balaban J connectivity index is 1.88. The fourth-order valence-electron chi connectivity index (χ4n) is 2.87. The number of hydrogen-bond acceptors (Lipinski definition) is 3.